The zero-order valence-electron chi connectivity index (χ0n) is 15.3. The van der Waals surface area contributed by atoms with Gasteiger partial charge in [-0.1, -0.05) is 54.6 Å². The van der Waals surface area contributed by atoms with Crippen LogP contribution in [0, 0.1) is 0 Å². The van der Waals surface area contributed by atoms with Gasteiger partial charge in [-0.25, -0.2) is 0 Å². The van der Waals surface area contributed by atoms with E-state index in [0.29, 0.717) is 18.7 Å². The molecule has 1 heterocycles. The fourth-order valence-electron chi connectivity index (χ4n) is 3.41. The van der Waals surface area contributed by atoms with Crippen molar-refractivity contribution in [1.29, 1.82) is 0 Å². The SMILES string of the molecule is CCOc1ccc(C2Nc3ccccc3C(=O)N2Cc2ccccc2)cc1. The van der Waals surface area contributed by atoms with Crippen LogP contribution >= 0.6 is 0 Å². The molecule has 0 saturated carbocycles. The number of anilines is 1. The van der Waals surface area contributed by atoms with Crippen molar-refractivity contribution in [3.05, 3.63) is 95.6 Å². The molecule has 136 valence electrons. The topological polar surface area (TPSA) is 41.6 Å². The molecule has 1 aliphatic rings. The first kappa shape index (κ1) is 17.2. The second-order valence-electron chi connectivity index (χ2n) is 6.51. The van der Waals surface area contributed by atoms with Crippen molar-refractivity contribution in [1.82, 2.24) is 4.90 Å². The van der Waals surface area contributed by atoms with Crippen LogP contribution < -0.4 is 10.1 Å². The number of rotatable bonds is 5. The molecule has 1 amide bonds. The summed E-state index contributed by atoms with van der Waals surface area (Å²) < 4.78 is 5.55. The van der Waals surface area contributed by atoms with Gasteiger partial charge >= 0.3 is 0 Å². The summed E-state index contributed by atoms with van der Waals surface area (Å²) in [7, 11) is 0. The Morgan fingerprint density at radius 3 is 2.37 bits per heavy atom. The van der Waals surface area contributed by atoms with E-state index in [4.69, 9.17) is 4.74 Å². The Bertz CT molecular complexity index is 923. The average Bonchev–Trinajstić information content (AvgIpc) is 2.72. The maximum atomic E-state index is 13.2. The Morgan fingerprint density at radius 1 is 0.926 bits per heavy atom. The molecule has 0 radical (unpaired) electrons. The molecular formula is C23H22N2O2. The van der Waals surface area contributed by atoms with Gasteiger partial charge < -0.3 is 15.0 Å². The van der Waals surface area contributed by atoms with Gasteiger partial charge in [0.2, 0.25) is 0 Å². The molecule has 4 rings (SSSR count). The minimum absolute atomic E-state index is 0.0343. The molecule has 1 unspecified atom stereocenters. The minimum Gasteiger partial charge on any atom is -0.494 e. The van der Waals surface area contributed by atoms with Crippen molar-refractivity contribution in [2.24, 2.45) is 0 Å². The third kappa shape index (κ3) is 3.51. The summed E-state index contributed by atoms with van der Waals surface area (Å²) in [6.07, 6.45) is -0.233. The van der Waals surface area contributed by atoms with E-state index >= 15 is 0 Å². The van der Waals surface area contributed by atoms with Gasteiger partial charge in [0.05, 0.1) is 12.2 Å². The highest BCUT2D eigenvalue weighted by Gasteiger charge is 2.32. The minimum atomic E-state index is -0.233. The van der Waals surface area contributed by atoms with Gasteiger partial charge in [-0.2, -0.15) is 0 Å². The standard InChI is InChI=1S/C23H22N2O2/c1-2-27-19-14-12-18(13-15-19)22-24-21-11-7-6-10-20(21)23(26)25(22)16-17-8-4-3-5-9-17/h3-15,22,24H,2,16H2,1H3. The Balaban J connectivity index is 1.70. The predicted molar refractivity (Wildman–Crippen MR) is 107 cm³/mol. The normalized spacial score (nSPS) is 15.8. The van der Waals surface area contributed by atoms with Crippen LogP contribution in [-0.2, 0) is 6.54 Å². The van der Waals surface area contributed by atoms with E-state index in [1.165, 1.54) is 0 Å². The Kier molecular flexibility index (Phi) is 4.79. The number of benzene rings is 3. The molecule has 4 nitrogen and oxygen atoms in total. The van der Waals surface area contributed by atoms with E-state index in [1.54, 1.807) is 0 Å². The highest BCUT2D eigenvalue weighted by molar-refractivity contribution is 6.01. The number of hydrogen-bond acceptors (Lipinski definition) is 3. The molecule has 0 aliphatic carbocycles. The van der Waals surface area contributed by atoms with Gasteiger partial charge in [-0.05, 0) is 42.3 Å². The molecule has 0 saturated heterocycles. The number of carbonyl (C=O) groups is 1. The van der Waals surface area contributed by atoms with Crippen molar-refractivity contribution >= 4 is 11.6 Å². The van der Waals surface area contributed by atoms with E-state index < -0.39 is 0 Å². The Morgan fingerprint density at radius 2 is 1.63 bits per heavy atom. The largest absolute Gasteiger partial charge is 0.494 e. The maximum absolute atomic E-state index is 13.2. The second-order valence-corrected chi connectivity index (χ2v) is 6.51. The van der Waals surface area contributed by atoms with Crippen LogP contribution in [0.15, 0.2) is 78.9 Å². The van der Waals surface area contributed by atoms with Gasteiger partial charge in [-0.15, -0.1) is 0 Å². The van der Waals surface area contributed by atoms with Crippen LogP contribution in [0.25, 0.3) is 0 Å². The summed E-state index contributed by atoms with van der Waals surface area (Å²) in [6, 6.07) is 25.7. The molecular weight excluding hydrogens is 336 g/mol. The Hall–Kier alpha value is -3.27. The molecule has 27 heavy (non-hydrogen) atoms. The number of amides is 1. The summed E-state index contributed by atoms with van der Waals surface area (Å²) in [5.41, 5.74) is 3.70. The van der Waals surface area contributed by atoms with Crippen LogP contribution in [0.1, 0.15) is 34.6 Å². The van der Waals surface area contributed by atoms with Crippen LogP contribution in [-0.4, -0.2) is 17.4 Å². The fraction of sp³-hybridized carbons (Fsp3) is 0.174. The van der Waals surface area contributed by atoms with Gasteiger partial charge in [-0.3, -0.25) is 4.79 Å². The first-order valence-electron chi connectivity index (χ1n) is 9.19. The number of ether oxygens (including phenoxy) is 1. The van der Waals surface area contributed by atoms with Crippen LogP contribution in [0.4, 0.5) is 5.69 Å². The number of carbonyl (C=O) groups excluding carboxylic acids is 1. The monoisotopic (exact) mass is 358 g/mol. The summed E-state index contributed by atoms with van der Waals surface area (Å²) in [4.78, 5) is 15.1. The third-order valence-corrected chi connectivity index (χ3v) is 4.72. The summed E-state index contributed by atoms with van der Waals surface area (Å²) in [5, 5.41) is 3.53. The van der Waals surface area contributed by atoms with Crippen LogP contribution in [0.2, 0.25) is 0 Å². The molecule has 1 atom stereocenters. The van der Waals surface area contributed by atoms with Crippen molar-refractivity contribution in [3.8, 4) is 5.75 Å². The van der Waals surface area contributed by atoms with Crippen LogP contribution in [0.3, 0.4) is 0 Å². The molecule has 3 aromatic rings. The molecule has 0 bridgehead atoms. The van der Waals surface area contributed by atoms with Gasteiger partial charge in [0.15, 0.2) is 0 Å². The predicted octanol–water partition coefficient (Wildman–Crippen LogP) is 4.85. The molecule has 1 N–H and O–H groups in total. The molecule has 0 fully saturated rings. The van der Waals surface area contributed by atoms with E-state index in [0.717, 1.165) is 22.6 Å². The lowest BCUT2D eigenvalue weighted by molar-refractivity contribution is 0.0666. The smallest absolute Gasteiger partial charge is 0.258 e. The van der Waals surface area contributed by atoms with Crippen molar-refractivity contribution in [3.63, 3.8) is 0 Å². The number of hydrogen-bond donors (Lipinski definition) is 1. The average molecular weight is 358 g/mol. The van der Waals surface area contributed by atoms with Gasteiger partial charge in [0, 0.05) is 12.2 Å². The number of fused-ring (bicyclic) bond motifs is 1. The molecule has 0 spiro atoms. The molecule has 1 aliphatic heterocycles. The molecule has 3 aromatic carbocycles. The van der Waals surface area contributed by atoms with Crippen molar-refractivity contribution < 1.29 is 9.53 Å². The highest BCUT2D eigenvalue weighted by Crippen LogP contribution is 2.34. The van der Waals surface area contributed by atoms with E-state index in [-0.39, 0.29) is 12.1 Å². The highest BCUT2D eigenvalue weighted by atomic mass is 16.5. The summed E-state index contributed by atoms with van der Waals surface area (Å²) >= 11 is 0. The molecule has 0 aromatic heterocycles. The first-order chi connectivity index (χ1) is 13.3. The zero-order valence-corrected chi connectivity index (χ0v) is 15.3. The lowest BCUT2D eigenvalue weighted by Gasteiger charge is -2.38. The van der Waals surface area contributed by atoms with E-state index in [9.17, 15) is 4.79 Å². The fourth-order valence-corrected chi connectivity index (χ4v) is 3.41. The zero-order chi connectivity index (χ0) is 18.6. The van der Waals surface area contributed by atoms with E-state index in [1.807, 2.05) is 90.7 Å². The van der Waals surface area contributed by atoms with Crippen molar-refractivity contribution in [2.75, 3.05) is 11.9 Å². The lowest BCUT2D eigenvalue weighted by Crippen LogP contribution is -2.42. The summed E-state index contributed by atoms with van der Waals surface area (Å²) in [6.45, 7) is 3.14. The first-order valence-corrected chi connectivity index (χ1v) is 9.19. The Labute approximate surface area is 159 Å². The second kappa shape index (κ2) is 7.54. The lowest BCUT2D eigenvalue weighted by atomic mass is 10.0. The quantitative estimate of drug-likeness (QED) is 0.709. The van der Waals surface area contributed by atoms with Crippen LogP contribution in [0.5, 0.6) is 5.75 Å². The number of nitrogens with one attached hydrogen (secondary N) is 1. The maximum Gasteiger partial charge on any atom is 0.258 e. The number of nitrogens with zero attached hydrogens (tertiary/aromatic N) is 1. The van der Waals surface area contributed by atoms with E-state index in [2.05, 4.69) is 5.32 Å². The third-order valence-electron chi connectivity index (χ3n) is 4.72. The van der Waals surface area contributed by atoms with Gasteiger partial charge in [0.1, 0.15) is 11.9 Å². The number of para-hydroxylation sites is 1. The molecule has 4 heteroatoms. The van der Waals surface area contributed by atoms with Gasteiger partial charge in [0.25, 0.3) is 5.91 Å². The summed E-state index contributed by atoms with van der Waals surface area (Å²) in [5.74, 6) is 0.866. The van der Waals surface area contributed by atoms with Crippen molar-refractivity contribution in [2.45, 2.75) is 19.6 Å².